The Morgan fingerprint density at radius 3 is 2.47 bits per heavy atom. The van der Waals surface area contributed by atoms with Gasteiger partial charge in [0.15, 0.2) is 0 Å². The average Bonchev–Trinajstić information content (AvgIpc) is 2.59. The highest BCUT2D eigenvalue weighted by Gasteiger charge is 2.20. The number of aromatic nitrogens is 2. The molecule has 0 unspecified atom stereocenters. The maximum Gasteiger partial charge on any atom is 0.146 e. The molecule has 1 aromatic rings. The lowest BCUT2D eigenvalue weighted by molar-refractivity contribution is 0.355. The summed E-state index contributed by atoms with van der Waals surface area (Å²) >= 11 is 0. The Morgan fingerprint density at radius 2 is 1.94 bits per heavy atom. The molecule has 4 heteroatoms. The number of nitrogens with zero attached hydrogens (tertiary/aromatic N) is 2. The minimum atomic E-state index is 0.322. The second-order valence-corrected chi connectivity index (χ2v) is 5.53. The highest BCUT2D eigenvalue weighted by atomic mass is 15.4. The van der Waals surface area contributed by atoms with Gasteiger partial charge in [0, 0.05) is 5.92 Å². The van der Waals surface area contributed by atoms with Crippen LogP contribution in [0.1, 0.15) is 63.4 Å². The molecule has 0 amide bonds. The van der Waals surface area contributed by atoms with Gasteiger partial charge < -0.3 is 11.6 Å². The van der Waals surface area contributed by atoms with Gasteiger partial charge in [0.1, 0.15) is 11.6 Å². The van der Waals surface area contributed by atoms with Gasteiger partial charge in [-0.25, -0.2) is 9.66 Å². The number of nitrogens with two attached hydrogens (primary N) is 2. The maximum absolute atomic E-state index is 6.03. The van der Waals surface area contributed by atoms with Crippen molar-refractivity contribution in [3.63, 3.8) is 0 Å². The second-order valence-electron chi connectivity index (χ2n) is 5.53. The molecule has 1 heterocycles. The van der Waals surface area contributed by atoms with Gasteiger partial charge in [-0.15, -0.1) is 0 Å². The van der Waals surface area contributed by atoms with Crippen molar-refractivity contribution in [1.29, 1.82) is 0 Å². The number of hydrogen-bond donors (Lipinski definition) is 2. The van der Waals surface area contributed by atoms with Gasteiger partial charge in [-0.05, 0) is 12.3 Å². The van der Waals surface area contributed by atoms with E-state index >= 15 is 0 Å². The summed E-state index contributed by atoms with van der Waals surface area (Å²) in [5.74, 6) is 8.56. The molecule has 0 aromatic carbocycles. The minimum Gasteiger partial charge on any atom is -0.382 e. The molecule has 17 heavy (non-hydrogen) atoms. The van der Waals surface area contributed by atoms with Gasteiger partial charge in [-0.3, -0.25) is 0 Å². The van der Waals surface area contributed by atoms with E-state index in [2.05, 4.69) is 18.8 Å². The summed E-state index contributed by atoms with van der Waals surface area (Å²) in [5.41, 5.74) is 7.04. The van der Waals surface area contributed by atoms with Gasteiger partial charge in [-0.1, -0.05) is 46.0 Å². The first-order valence-corrected chi connectivity index (χ1v) is 6.71. The lowest BCUT2D eigenvalue weighted by Crippen LogP contribution is -2.16. The lowest BCUT2D eigenvalue weighted by atomic mass is 9.86. The van der Waals surface area contributed by atoms with Crippen LogP contribution in [-0.4, -0.2) is 9.66 Å². The average molecular weight is 236 g/mol. The standard InChI is InChI=1S/C13H24N4/c1-9(2)13-16-11(12(14)17(13)15)8-10-6-4-3-5-7-10/h9-10H,3-8,14-15H2,1-2H3. The van der Waals surface area contributed by atoms with Crippen LogP contribution in [0.4, 0.5) is 5.82 Å². The fraction of sp³-hybridized carbons (Fsp3) is 0.769. The van der Waals surface area contributed by atoms with Gasteiger partial charge in [0.25, 0.3) is 0 Å². The van der Waals surface area contributed by atoms with Crippen molar-refractivity contribution < 1.29 is 0 Å². The van der Waals surface area contributed by atoms with E-state index < -0.39 is 0 Å². The molecule has 1 aliphatic rings. The van der Waals surface area contributed by atoms with E-state index in [0.29, 0.717) is 11.7 Å². The van der Waals surface area contributed by atoms with Crippen molar-refractivity contribution in [2.24, 2.45) is 5.92 Å². The zero-order valence-electron chi connectivity index (χ0n) is 10.9. The van der Waals surface area contributed by atoms with E-state index in [4.69, 9.17) is 11.6 Å². The number of imidazole rings is 1. The zero-order valence-corrected chi connectivity index (χ0v) is 10.9. The monoisotopic (exact) mass is 236 g/mol. The van der Waals surface area contributed by atoms with Crippen molar-refractivity contribution in [2.45, 2.75) is 58.3 Å². The van der Waals surface area contributed by atoms with Crippen LogP contribution >= 0.6 is 0 Å². The molecule has 0 atom stereocenters. The first kappa shape index (κ1) is 12.3. The molecule has 0 spiro atoms. The van der Waals surface area contributed by atoms with Crippen molar-refractivity contribution in [2.75, 3.05) is 11.6 Å². The summed E-state index contributed by atoms with van der Waals surface area (Å²) in [6.07, 6.45) is 7.71. The Labute approximate surface area is 103 Å². The fourth-order valence-electron chi connectivity index (χ4n) is 2.73. The molecule has 1 saturated carbocycles. The molecule has 1 aliphatic carbocycles. The molecular weight excluding hydrogens is 212 g/mol. The van der Waals surface area contributed by atoms with Crippen molar-refractivity contribution in [1.82, 2.24) is 9.66 Å². The Bertz CT molecular complexity index is 375. The minimum absolute atomic E-state index is 0.322. The van der Waals surface area contributed by atoms with E-state index in [1.54, 1.807) is 4.68 Å². The van der Waals surface area contributed by atoms with E-state index in [1.807, 2.05) is 0 Å². The van der Waals surface area contributed by atoms with E-state index in [-0.39, 0.29) is 0 Å². The number of hydrogen-bond acceptors (Lipinski definition) is 3. The molecule has 96 valence electrons. The van der Waals surface area contributed by atoms with Gasteiger partial charge in [0.2, 0.25) is 0 Å². The van der Waals surface area contributed by atoms with Crippen molar-refractivity contribution >= 4 is 5.82 Å². The normalized spacial score (nSPS) is 17.8. The molecular formula is C13H24N4. The van der Waals surface area contributed by atoms with Crippen molar-refractivity contribution in [3.05, 3.63) is 11.5 Å². The molecule has 4 N–H and O–H groups in total. The van der Waals surface area contributed by atoms with Crippen LogP contribution in [0, 0.1) is 5.92 Å². The van der Waals surface area contributed by atoms with Crippen LogP contribution in [0.2, 0.25) is 0 Å². The van der Waals surface area contributed by atoms with Crippen LogP contribution in [0.3, 0.4) is 0 Å². The van der Waals surface area contributed by atoms with Crippen LogP contribution < -0.4 is 11.6 Å². The summed E-state index contributed by atoms with van der Waals surface area (Å²) in [6.45, 7) is 4.19. The highest BCUT2D eigenvalue weighted by molar-refractivity contribution is 5.39. The zero-order chi connectivity index (χ0) is 12.4. The molecule has 0 radical (unpaired) electrons. The Kier molecular flexibility index (Phi) is 3.60. The van der Waals surface area contributed by atoms with Gasteiger partial charge in [-0.2, -0.15) is 0 Å². The van der Waals surface area contributed by atoms with E-state index in [0.717, 1.165) is 23.9 Å². The smallest absolute Gasteiger partial charge is 0.146 e. The predicted molar refractivity (Wildman–Crippen MR) is 71.2 cm³/mol. The van der Waals surface area contributed by atoms with Crippen LogP contribution in [-0.2, 0) is 6.42 Å². The Hall–Kier alpha value is -1.19. The molecule has 0 aliphatic heterocycles. The second kappa shape index (κ2) is 4.98. The number of anilines is 1. The first-order valence-electron chi connectivity index (χ1n) is 6.71. The molecule has 1 fully saturated rings. The van der Waals surface area contributed by atoms with Gasteiger partial charge >= 0.3 is 0 Å². The first-order chi connectivity index (χ1) is 8.09. The fourth-order valence-corrected chi connectivity index (χ4v) is 2.73. The quantitative estimate of drug-likeness (QED) is 0.792. The number of nitrogen functional groups attached to an aromatic ring is 2. The summed E-state index contributed by atoms with van der Waals surface area (Å²) in [7, 11) is 0. The molecule has 0 bridgehead atoms. The largest absolute Gasteiger partial charge is 0.382 e. The Morgan fingerprint density at radius 1 is 1.29 bits per heavy atom. The molecule has 0 saturated heterocycles. The molecule has 4 nitrogen and oxygen atoms in total. The van der Waals surface area contributed by atoms with Crippen LogP contribution in [0.15, 0.2) is 0 Å². The van der Waals surface area contributed by atoms with Crippen LogP contribution in [0.25, 0.3) is 0 Å². The summed E-state index contributed by atoms with van der Waals surface area (Å²) < 4.78 is 1.56. The predicted octanol–water partition coefficient (Wildman–Crippen LogP) is 2.43. The lowest BCUT2D eigenvalue weighted by Gasteiger charge is -2.20. The third kappa shape index (κ3) is 2.56. The van der Waals surface area contributed by atoms with Crippen LogP contribution in [0.5, 0.6) is 0 Å². The summed E-state index contributed by atoms with van der Waals surface area (Å²) in [6, 6.07) is 0. The van der Waals surface area contributed by atoms with Gasteiger partial charge in [0.05, 0.1) is 5.69 Å². The third-order valence-corrected chi connectivity index (χ3v) is 3.77. The van der Waals surface area contributed by atoms with E-state index in [1.165, 1.54) is 32.1 Å². The summed E-state index contributed by atoms with van der Waals surface area (Å²) in [4.78, 5) is 4.62. The third-order valence-electron chi connectivity index (χ3n) is 3.77. The van der Waals surface area contributed by atoms with Crippen molar-refractivity contribution in [3.8, 4) is 0 Å². The number of rotatable bonds is 3. The SMILES string of the molecule is CC(C)c1nc(CC2CCCCC2)c(N)n1N. The maximum atomic E-state index is 6.03. The van der Waals surface area contributed by atoms with E-state index in [9.17, 15) is 0 Å². The Balaban J connectivity index is 2.12. The topological polar surface area (TPSA) is 69.9 Å². The highest BCUT2D eigenvalue weighted by Crippen LogP contribution is 2.29. The summed E-state index contributed by atoms with van der Waals surface area (Å²) in [5, 5.41) is 0. The molecule has 2 rings (SSSR count). The molecule has 1 aromatic heterocycles.